The smallest absolute Gasteiger partial charge is 0.262 e. The minimum Gasteiger partial charge on any atom is -0.339 e. The number of imidazole rings is 1. The summed E-state index contributed by atoms with van der Waals surface area (Å²) in [5.41, 5.74) is 5.60. The molecule has 1 aliphatic rings. The maximum Gasteiger partial charge on any atom is 0.262 e. The molecule has 6 nitrogen and oxygen atoms in total. The zero-order valence-electron chi connectivity index (χ0n) is 10.1. The Kier molecular flexibility index (Phi) is 3.24. The molecule has 0 amide bonds. The summed E-state index contributed by atoms with van der Waals surface area (Å²) < 4.78 is 27.8. The summed E-state index contributed by atoms with van der Waals surface area (Å²) in [6, 6.07) is -0.00411. The van der Waals surface area contributed by atoms with E-state index in [9.17, 15) is 8.42 Å². The van der Waals surface area contributed by atoms with Gasteiger partial charge in [-0.1, -0.05) is 0 Å². The van der Waals surface area contributed by atoms with Gasteiger partial charge in [-0.05, 0) is 25.8 Å². The highest BCUT2D eigenvalue weighted by Crippen LogP contribution is 2.28. The maximum absolute atomic E-state index is 12.3. The largest absolute Gasteiger partial charge is 0.339 e. The maximum atomic E-state index is 12.3. The van der Waals surface area contributed by atoms with Crippen LogP contribution in [0.15, 0.2) is 17.6 Å². The van der Waals surface area contributed by atoms with Gasteiger partial charge in [0.25, 0.3) is 10.0 Å². The van der Waals surface area contributed by atoms with Crippen LogP contribution in [0.4, 0.5) is 0 Å². The normalized spacial score (nSPS) is 26.5. The first-order valence-corrected chi connectivity index (χ1v) is 7.09. The fourth-order valence-corrected chi connectivity index (χ4v) is 3.94. The Balaban J connectivity index is 2.28. The summed E-state index contributed by atoms with van der Waals surface area (Å²) in [6.07, 6.45) is 3.84. The van der Waals surface area contributed by atoms with Gasteiger partial charge in [0.1, 0.15) is 0 Å². The van der Waals surface area contributed by atoms with E-state index in [1.54, 1.807) is 11.6 Å². The summed E-state index contributed by atoms with van der Waals surface area (Å²) in [4.78, 5) is 3.92. The minimum absolute atomic E-state index is 0.00411. The van der Waals surface area contributed by atoms with Crippen molar-refractivity contribution in [2.75, 3.05) is 13.1 Å². The molecule has 0 radical (unpaired) electrons. The van der Waals surface area contributed by atoms with Crippen molar-refractivity contribution in [1.29, 1.82) is 0 Å². The first-order chi connectivity index (χ1) is 7.95. The number of rotatable bonds is 3. The van der Waals surface area contributed by atoms with E-state index >= 15 is 0 Å². The lowest BCUT2D eigenvalue weighted by Crippen LogP contribution is -2.34. The first-order valence-electron chi connectivity index (χ1n) is 5.65. The Labute approximate surface area is 101 Å². The number of aromatic nitrogens is 2. The third-order valence-corrected chi connectivity index (χ3v) is 5.06. The second-order valence-electron chi connectivity index (χ2n) is 4.64. The van der Waals surface area contributed by atoms with Crippen LogP contribution in [0.25, 0.3) is 0 Å². The SMILES string of the molecule is CC1CC(CN)CN1S(=O)(=O)c1cn(C)cn1. The van der Waals surface area contributed by atoms with E-state index in [4.69, 9.17) is 5.73 Å². The molecule has 1 aromatic heterocycles. The number of aryl methyl sites for hydroxylation is 1. The number of hydrogen-bond donors (Lipinski definition) is 1. The molecule has 0 saturated carbocycles. The van der Waals surface area contributed by atoms with E-state index < -0.39 is 10.0 Å². The number of hydrogen-bond acceptors (Lipinski definition) is 4. The molecule has 1 aliphatic heterocycles. The van der Waals surface area contributed by atoms with Crippen molar-refractivity contribution >= 4 is 10.0 Å². The van der Waals surface area contributed by atoms with E-state index in [0.717, 1.165) is 6.42 Å². The molecule has 1 fully saturated rings. The zero-order chi connectivity index (χ0) is 12.6. The van der Waals surface area contributed by atoms with Crippen molar-refractivity contribution in [2.45, 2.75) is 24.4 Å². The lowest BCUT2D eigenvalue weighted by Gasteiger charge is -2.19. The van der Waals surface area contributed by atoms with E-state index in [2.05, 4.69) is 4.98 Å². The predicted octanol–water partition coefficient (Wildman–Crippen LogP) is -0.222. The van der Waals surface area contributed by atoms with Crippen LogP contribution >= 0.6 is 0 Å². The van der Waals surface area contributed by atoms with Crippen molar-refractivity contribution < 1.29 is 8.42 Å². The van der Waals surface area contributed by atoms with Crippen LogP contribution in [0.5, 0.6) is 0 Å². The Morgan fingerprint density at radius 3 is 2.76 bits per heavy atom. The lowest BCUT2D eigenvalue weighted by atomic mass is 10.1. The fraction of sp³-hybridized carbons (Fsp3) is 0.700. The molecule has 0 bridgehead atoms. The number of nitrogens with zero attached hydrogens (tertiary/aromatic N) is 3. The van der Waals surface area contributed by atoms with E-state index in [1.807, 2.05) is 6.92 Å². The first kappa shape index (κ1) is 12.5. The molecular formula is C10H18N4O2S. The van der Waals surface area contributed by atoms with Gasteiger partial charge in [0, 0.05) is 25.8 Å². The fourth-order valence-electron chi connectivity index (χ4n) is 2.26. The molecule has 2 unspecified atom stereocenters. The van der Waals surface area contributed by atoms with Gasteiger partial charge in [-0.15, -0.1) is 0 Å². The Morgan fingerprint density at radius 1 is 1.59 bits per heavy atom. The molecule has 2 rings (SSSR count). The third kappa shape index (κ3) is 2.22. The highest BCUT2D eigenvalue weighted by Gasteiger charge is 2.38. The molecule has 1 aromatic rings. The predicted molar refractivity (Wildman–Crippen MR) is 63.7 cm³/mol. The average molecular weight is 258 g/mol. The van der Waals surface area contributed by atoms with Crippen molar-refractivity contribution in [2.24, 2.45) is 18.7 Å². The van der Waals surface area contributed by atoms with Gasteiger partial charge in [0.15, 0.2) is 5.03 Å². The molecule has 17 heavy (non-hydrogen) atoms. The molecular weight excluding hydrogens is 240 g/mol. The summed E-state index contributed by atoms with van der Waals surface area (Å²) in [7, 11) is -1.71. The summed E-state index contributed by atoms with van der Waals surface area (Å²) in [6.45, 7) is 2.94. The molecule has 0 aliphatic carbocycles. The summed E-state index contributed by atoms with van der Waals surface area (Å²) in [5, 5.41) is 0.115. The summed E-state index contributed by atoms with van der Waals surface area (Å²) in [5.74, 6) is 0.253. The van der Waals surface area contributed by atoms with Crippen LogP contribution in [-0.2, 0) is 17.1 Å². The molecule has 1 saturated heterocycles. The Morgan fingerprint density at radius 2 is 2.29 bits per heavy atom. The van der Waals surface area contributed by atoms with Gasteiger partial charge < -0.3 is 10.3 Å². The van der Waals surface area contributed by atoms with Crippen molar-refractivity contribution in [3.05, 3.63) is 12.5 Å². The molecule has 7 heteroatoms. The molecule has 0 aromatic carbocycles. The second-order valence-corrected chi connectivity index (χ2v) is 6.48. The average Bonchev–Trinajstić information content (AvgIpc) is 2.85. The van der Waals surface area contributed by atoms with Crippen LogP contribution in [0, 0.1) is 5.92 Å². The standard InChI is InChI=1S/C10H18N4O2S/c1-8-3-9(4-11)5-14(8)17(15,16)10-6-13(2)7-12-10/h6-9H,3-5,11H2,1-2H3. The number of sulfonamides is 1. The monoisotopic (exact) mass is 258 g/mol. The Hall–Kier alpha value is -0.920. The molecule has 2 atom stereocenters. The quantitative estimate of drug-likeness (QED) is 0.812. The van der Waals surface area contributed by atoms with Crippen LogP contribution in [0.3, 0.4) is 0 Å². The molecule has 0 spiro atoms. The van der Waals surface area contributed by atoms with Crippen molar-refractivity contribution in [1.82, 2.24) is 13.9 Å². The molecule has 96 valence electrons. The van der Waals surface area contributed by atoms with Crippen LogP contribution in [-0.4, -0.2) is 41.4 Å². The van der Waals surface area contributed by atoms with Crippen molar-refractivity contribution in [3.63, 3.8) is 0 Å². The van der Waals surface area contributed by atoms with Gasteiger partial charge in [-0.2, -0.15) is 4.31 Å². The topological polar surface area (TPSA) is 81.2 Å². The van der Waals surface area contributed by atoms with E-state index in [0.29, 0.717) is 13.1 Å². The second kappa shape index (κ2) is 4.40. The van der Waals surface area contributed by atoms with E-state index in [1.165, 1.54) is 16.8 Å². The van der Waals surface area contributed by atoms with Crippen molar-refractivity contribution in [3.8, 4) is 0 Å². The van der Waals surface area contributed by atoms with Crippen LogP contribution in [0.1, 0.15) is 13.3 Å². The van der Waals surface area contributed by atoms with Gasteiger partial charge in [0.05, 0.1) is 6.33 Å². The highest BCUT2D eigenvalue weighted by atomic mass is 32.2. The molecule has 2 N–H and O–H groups in total. The van der Waals surface area contributed by atoms with Crippen LogP contribution < -0.4 is 5.73 Å². The third-order valence-electron chi connectivity index (χ3n) is 3.19. The van der Waals surface area contributed by atoms with E-state index in [-0.39, 0.29) is 17.0 Å². The zero-order valence-corrected chi connectivity index (χ0v) is 10.9. The Bertz CT molecular complexity index is 496. The van der Waals surface area contributed by atoms with Gasteiger partial charge in [-0.25, -0.2) is 13.4 Å². The van der Waals surface area contributed by atoms with Gasteiger partial charge in [0.2, 0.25) is 0 Å². The highest BCUT2D eigenvalue weighted by molar-refractivity contribution is 7.89. The van der Waals surface area contributed by atoms with Gasteiger partial charge in [-0.3, -0.25) is 0 Å². The van der Waals surface area contributed by atoms with Crippen LogP contribution in [0.2, 0.25) is 0 Å². The lowest BCUT2D eigenvalue weighted by molar-refractivity contribution is 0.403. The van der Waals surface area contributed by atoms with Gasteiger partial charge >= 0.3 is 0 Å². The number of nitrogens with two attached hydrogens (primary N) is 1. The minimum atomic E-state index is -3.46. The summed E-state index contributed by atoms with van der Waals surface area (Å²) >= 11 is 0. The molecule has 2 heterocycles.